The smallest absolute Gasteiger partial charge is 0.310 e. The van der Waals surface area contributed by atoms with Gasteiger partial charge in [0.25, 0.3) is 0 Å². The van der Waals surface area contributed by atoms with E-state index in [0.29, 0.717) is 6.61 Å². The van der Waals surface area contributed by atoms with Crippen molar-refractivity contribution in [2.45, 2.75) is 13.3 Å². The molecule has 0 amide bonds. The van der Waals surface area contributed by atoms with Gasteiger partial charge >= 0.3 is 5.97 Å². The fourth-order valence-electron chi connectivity index (χ4n) is 2.60. The number of ether oxygens (including phenoxy) is 1. The molecule has 4 heteroatoms. The summed E-state index contributed by atoms with van der Waals surface area (Å²) in [6.45, 7) is 2.22. The Morgan fingerprint density at radius 1 is 1.14 bits per heavy atom. The van der Waals surface area contributed by atoms with Gasteiger partial charge in [0.15, 0.2) is 0 Å². The second-order valence-corrected chi connectivity index (χ2v) is 5.93. The van der Waals surface area contributed by atoms with E-state index in [1.807, 2.05) is 55.5 Å². The predicted octanol–water partition coefficient (Wildman–Crippen LogP) is 4.70. The Morgan fingerprint density at radius 3 is 2.59 bits per heavy atom. The summed E-state index contributed by atoms with van der Waals surface area (Å²) in [7, 11) is 0. The lowest BCUT2D eigenvalue weighted by Gasteiger charge is -2.05. The zero-order chi connectivity index (χ0) is 15.5. The van der Waals surface area contributed by atoms with E-state index in [2.05, 4.69) is 20.9 Å². The molecule has 0 aliphatic carbocycles. The lowest BCUT2D eigenvalue weighted by molar-refractivity contribution is -0.142. The molecule has 1 N–H and O–H groups in total. The highest BCUT2D eigenvalue weighted by Crippen LogP contribution is 2.31. The van der Waals surface area contributed by atoms with Crippen molar-refractivity contribution in [1.29, 1.82) is 0 Å². The Bertz CT molecular complexity index is 806. The van der Waals surface area contributed by atoms with Crippen LogP contribution in [0.3, 0.4) is 0 Å². The molecule has 3 rings (SSSR count). The minimum atomic E-state index is -0.203. The van der Waals surface area contributed by atoms with Gasteiger partial charge in [-0.1, -0.05) is 46.3 Å². The minimum Gasteiger partial charge on any atom is -0.466 e. The number of esters is 1. The molecule has 1 aromatic heterocycles. The Morgan fingerprint density at radius 2 is 1.86 bits per heavy atom. The molecule has 0 saturated carbocycles. The summed E-state index contributed by atoms with van der Waals surface area (Å²) in [5.74, 6) is -0.203. The first kappa shape index (κ1) is 14.9. The number of nitrogens with one attached hydrogen (secondary N) is 1. The number of halogens is 1. The van der Waals surface area contributed by atoms with Crippen LogP contribution < -0.4 is 0 Å². The molecule has 3 nitrogen and oxygen atoms in total. The van der Waals surface area contributed by atoms with Gasteiger partial charge in [-0.3, -0.25) is 4.79 Å². The van der Waals surface area contributed by atoms with E-state index >= 15 is 0 Å². The van der Waals surface area contributed by atoms with Crippen LogP contribution in [0.5, 0.6) is 0 Å². The van der Waals surface area contributed by atoms with E-state index in [1.165, 1.54) is 0 Å². The highest BCUT2D eigenvalue weighted by molar-refractivity contribution is 9.10. The Balaban J connectivity index is 2.11. The minimum absolute atomic E-state index is 0.203. The van der Waals surface area contributed by atoms with Crippen molar-refractivity contribution in [3.05, 3.63) is 58.6 Å². The first-order valence-electron chi connectivity index (χ1n) is 7.20. The van der Waals surface area contributed by atoms with Crippen LogP contribution in [0, 0.1) is 0 Å². The summed E-state index contributed by atoms with van der Waals surface area (Å²) < 4.78 is 6.14. The van der Waals surface area contributed by atoms with Gasteiger partial charge in [-0.05, 0) is 36.2 Å². The van der Waals surface area contributed by atoms with Crippen molar-refractivity contribution < 1.29 is 9.53 Å². The molecule has 2 aromatic carbocycles. The Kier molecular flexibility index (Phi) is 4.29. The monoisotopic (exact) mass is 357 g/mol. The fourth-order valence-corrected chi connectivity index (χ4v) is 2.87. The van der Waals surface area contributed by atoms with Crippen molar-refractivity contribution in [2.24, 2.45) is 0 Å². The third-order valence-corrected chi connectivity index (χ3v) is 4.10. The van der Waals surface area contributed by atoms with Crippen molar-refractivity contribution in [3.63, 3.8) is 0 Å². The van der Waals surface area contributed by atoms with Gasteiger partial charge in [0, 0.05) is 15.4 Å². The van der Waals surface area contributed by atoms with E-state index in [1.54, 1.807) is 0 Å². The molecular weight excluding hydrogens is 342 g/mol. The Labute approximate surface area is 137 Å². The van der Waals surface area contributed by atoms with Crippen LogP contribution in [0.25, 0.3) is 22.2 Å². The van der Waals surface area contributed by atoms with Gasteiger partial charge in [-0.2, -0.15) is 0 Å². The molecule has 0 aliphatic heterocycles. The Hall–Kier alpha value is -2.07. The van der Waals surface area contributed by atoms with Crippen LogP contribution in [-0.4, -0.2) is 17.6 Å². The van der Waals surface area contributed by atoms with Gasteiger partial charge in [0.2, 0.25) is 0 Å². The predicted molar refractivity (Wildman–Crippen MR) is 91.8 cm³/mol. The highest BCUT2D eigenvalue weighted by Gasteiger charge is 2.16. The SMILES string of the molecule is CCOC(=O)Cc1c(-c2ccc(Br)cc2)[nH]c2ccccc12. The molecule has 112 valence electrons. The maximum absolute atomic E-state index is 11.9. The molecule has 22 heavy (non-hydrogen) atoms. The lowest BCUT2D eigenvalue weighted by atomic mass is 10.0. The summed E-state index contributed by atoms with van der Waals surface area (Å²) in [6.07, 6.45) is 0.267. The highest BCUT2D eigenvalue weighted by atomic mass is 79.9. The van der Waals surface area contributed by atoms with Crippen LogP contribution >= 0.6 is 15.9 Å². The van der Waals surface area contributed by atoms with Gasteiger partial charge < -0.3 is 9.72 Å². The topological polar surface area (TPSA) is 42.1 Å². The zero-order valence-electron chi connectivity index (χ0n) is 12.2. The van der Waals surface area contributed by atoms with Crippen LogP contribution in [0.4, 0.5) is 0 Å². The molecule has 3 aromatic rings. The van der Waals surface area contributed by atoms with E-state index in [4.69, 9.17) is 4.74 Å². The summed E-state index contributed by atoms with van der Waals surface area (Å²) in [6, 6.07) is 16.1. The third-order valence-electron chi connectivity index (χ3n) is 3.57. The van der Waals surface area contributed by atoms with Crippen molar-refractivity contribution in [3.8, 4) is 11.3 Å². The number of H-pyrrole nitrogens is 1. The summed E-state index contributed by atoms with van der Waals surface area (Å²) in [5.41, 5.74) is 4.04. The fraction of sp³-hybridized carbons (Fsp3) is 0.167. The van der Waals surface area contributed by atoms with Crippen LogP contribution in [0.15, 0.2) is 53.0 Å². The number of benzene rings is 2. The average Bonchev–Trinajstić information content (AvgIpc) is 2.87. The number of para-hydroxylation sites is 1. The molecule has 0 spiro atoms. The molecular formula is C18H16BrNO2. The standard InChI is InChI=1S/C18H16BrNO2/c1-2-22-17(21)11-15-14-5-3-4-6-16(14)20-18(15)12-7-9-13(19)10-8-12/h3-10,20H,2,11H2,1H3. The third kappa shape index (κ3) is 2.92. The van der Waals surface area contributed by atoms with Crippen molar-refractivity contribution in [2.75, 3.05) is 6.61 Å². The molecule has 0 saturated heterocycles. The first-order valence-corrected chi connectivity index (χ1v) is 7.99. The van der Waals surface area contributed by atoms with E-state index in [9.17, 15) is 4.79 Å². The number of hydrogen-bond acceptors (Lipinski definition) is 2. The van der Waals surface area contributed by atoms with Crippen LogP contribution in [0.1, 0.15) is 12.5 Å². The molecule has 0 unspecified atom stereocenters. The summed E-state index contributed by atoms with van der Waals surface area (Å²) in [5, 5.41) is 1.06. The van der Waals surface area contributed by atoms with E-state index in [-0.39, 0.29) is 12.4 Å². The molecule has 0 fully saturated rings. The quantitative estimate of drug-likeness (QED) is 0.687. The normalized spacial score (nSPS) is 10.8. The largest absolute Gasteiger partial charge is 0.466 e. The zero-order valence-corrected chi connectivity index (χ0v) is 13.8. The number of fused-ring (bicyclic) bond motifs is 1. The average molecular weight is 358 g/mol. The second kappa shape index (κ2) is 6.36. The number of carbonyl (C=O) groups is 1. The molecule has 0 atom stereocenters. The first-order chi connectivity index (χ1) is 10.7. The molecule has 0 aliphatic rings. The van der Waals surface area contributed by atoms with Crippen LogP contribution in [-0.2, 0) is 16.0 Å². The van der Waals surface area contributed by atoms with Crippen LogP contribution in [0.2, 0.25) is 0 Å². The lowest BCUT2D eigenvalue weighted by Crippen LogP contribution is -2.07. The van der Waals surface area contributed by atoms with E-state index in [0.717, 1.165) is 32.2 Å². The number of rotatable bonds is 4. The van der Waals surface area contributed by atoms with Gasteiger partial charge in [-0.15, -0.1) is 0 Å². The van der Waals surface area contributed by atoms with Crippen molar-refractivity contribution in [1.82, 2.24) is 4.98 Å². The summed E-state index contributed by atoms with van der Waals surface area (Å²) in [4.78, 5) is 15.4. The van der Waals surface area contributed by atoms with E-state index < -0.39 is 0 Å². The number of carbonyl (C=O) groups excluding carboxylic acids is 1. The van der Waals surface area contributed by atoms with Gasteiger partial charge in [-0.25, -0.2) is 0 Å². The number of aromatic amines is 1. The summed E-state index contributed by atoms with van der Waals surface area (Å²) >= 11 is 3.45. The van der Waals surface area contributed by atoms with Crippen molar-refractivity contribution >= 4 is 32.8 Å². The maximum Gasteiger partial charge on any atom is 0.310 e. The number of aromatic nitrogens is 1. The molecule has 0 radical (unpaired) electrons. The second-order valence-electron chi connectivity index (χ2n) is 5.01. The molecule has 0 bridgehead atoms. The molecule has 1 heterocycles. The van der Waals surface area contributed by atoms with Gasteiger partial charge in [0.05, 0.1) is 18.7 Å². The maximum atomic E-state index is 11.9. The van der Waals surface area contributed by atoms with Gasteiger partial charge in [0.1, 0.15) is 0 Å². The number of hydrogen-bond donors (Lipinski definition) is 1.